The van der Waals surface area contributed by atoms with Crippen LogP contribution in [0.5, 0.6) is 5.75 Å². The van der Waals surface area contributed by atoms with Crippen LogP contribution in [0.2, 0.25) is 0 Å². The van der Waals surface area contributed by atoms with Crippen molar-refractivity contribution >= 4 is 32.7 Å². The van der Waals surface area contributed by atoms with Gasteiger partial charge in [-0.05, 0) is 47.7 Å². The van der Waals surface area contributed by atoms with Crippen LogP contribution in [-0.4, -0.2) is 47.2 Å². The van der Waals surface area contributed by atoms with E-state index in [2.05, 4.69) is 32.1 Å². The molecule has 0 bridgehead atoms. The molecule has 1 spiro atoms. The van der Waals surface area contributed by atoms with Crippen molar-refractivity contribution < 1.29 is 70.8 Å². The summed E-state index contributed by atoms with van der Waals surface area (Å²) in [5.74, 6) is 0.791. The zero-order valence-electron chi connectivity index (χ0n) is 18.5. The molecule has 1 saturated carbocycles. The fourth-order valence-corrected chi connectivity index (χ4v) is 4.31. The molecular formula is C21H29BrKN3O4. The summed E-state index contributed by atoms with van der Waals surface area (Å²) in [6.07, 6.45) is 5.91. The molecule has 2 fully saturated rings. The number of nitrogens with zero attached hydrogens (tertiary/aromatic N) is 2. The summed E-state index contributed by atoms with van der Waals surface area (Å²) in [5, 5.41) is 19.1. The molecule has 30 heavy (non-hydrogen) atoms. The molecule has 1 aromatic heterocycles. The Morgan fingerprint density at radius 1 is 1.33 bits per heavy atom. The Kier molecular flexibility index (Phi) is 9.40. The first kappa shape index (κ1) is 26.3. The van der Waals surface area contributed by atoms with Crippen molar-refractivity contribution in [3.05, 3.63) is 22.8 Å². The van der Waals surface area contributed by atoms with Gasteiger partial charge < -0.3 is 19.9 Å². The number of carbonyl (C=O) groups excluding carboxylic acids is 1. The Morgan fingerprint density at radius 2 is 1.97 bits per heavy atom. The maximum Gasteiger partial charge on any atom is 1.00 e. The van der Waals surface area contributed by atoms with E-state index >= 15 is 0 Å². The summed E-state index contributed by atoms with van der Waals surface area (Å²) < 4.78 is 13.8. The molecule has 1 amide bonds. The maximum absolute atomic E-state index is 11.6. The monoisotopic (exact) mass is 505 g/mol. The Bertz CT molecular complexity index is 867. The summed E-state index contributed by atoms with van der Waals surface area (Å²) in [6, 6.07) is 4.35. The van der Waals surface area contributed by atoms with Crippen LogP contribution >= 0.6 is 15.9 Å². The van der Waals surface area contributed by atoms with E-state index in [0.717, 1.165) is 46.8 Å². The molecule has 7 nitrogen and oxygen atoms in total. The summed E-state index contributed by atoms with van der Waals surface area (Å²) in [6.45, 7) is 5.70. The van der Waals surface area contributed by atoms with Gasteiger partial charge in [-0.3, -0.25) is 9.48 Å². The first-order valence-corrected chi connectivity index (χ1v) is 10.7. The predicted molar refractivity (Wildman–Crippen MR) is 113 cm³/mol. The number of hydrogen-bond acceptors (Lipinski definition) is 5. The van der Waals surface area contributed by atoms with Crippen LogP contribution in [0.15, 0.2) is 22.8 Å². The van der Waals surface area contributed by atoms with Crippen molar-refractivity contribution in [1.29, 1.82) is 0 Å². The van der Waals surface area contributed by atoms with Crippen molar-refractivity contribution in [2.45, 2.75) is 63.6 Å². The molecule has 2 aliphatic rings. The fraction of sp³-hybridized carbons (Fsp3) is 0.619. The zero-order chi connectivity index (χ0) is 21.2. The van der Waals surface area contributed by atoms with Gasteiger partial charge in [-0.1, -0.05) is 20.8 Å². The average molecular weight is 506 g/mol. The molecule has 9 heteroatoms. The zero-order valence-corrected chi connectivity index (χ0v) is 23.2. The average Bonchev–Trinajstić information content (AvgIpc) is 3.02. The van der Waals surface area contributed by atoms with Gasteiger partial charge in [0.25, 0.3) is 0 Å². The van der Waals surface area contributed by atoms with Crippen LogP contribution in [0, 0.1) is 0 Å². The van der Waals surface area contributed by atoms with Gasteiger partial charge in [0.1, 0.15) is 12.4 Å². The second kappa shape index (κ2) is 10.7. The predicted octanol–water partition coefficient (Wildman–Crippen LogP) is -0.0431. The molecule has 0 atom stereocenters. The van der Waals surface area contributed by atoms with Crippen molar-refractivity contribution in [2.75, 3.05) is 20.3 Å². The molecule has 2 aromatic rings. The number of methoxy groups -OCH3 is 1. The Balaban J connectivity index is 0.000000482. The fourth-order valence-electron chi connectivity index (χ4n) is 3.78. The van der Waals surface area contributed by atoms with Gasteiger partial charge in [-0.25, -0.2) is 0 Å². The number of morpholine rings is 1. The van der Waals surface area contributed by atoms with E-state index in [0.29, 0.717) is 12.6 Å². The van der Waals surface area contributed by atoms with E-state index in [9.17, 15) is 9.90 Å². The molecule has 160 valence electrons. The Labute approximate surface area is 228 Å². The van der Waals surface area contributed by atoms with E-state index in [1.54, 1.807) is 27.9 Å². The van der Waals surface area contributed by atoms with E-state index < -0.39 is 5.60 Å². The first-order chi connectivity index (χ1) is 13.6. The van der Waals surface area contributed by atoms with Crippen LogP contribution < -0.4 is 66.5 Å². The smallest absolute Gasteiger partial charge is 0.850 e. The number of amides is 1. The molecular weight excluding hydrogens is 477 g/mol. The third-order valence-electron chi connectivity index (χ3n) is 5.10. The van der Waals surface area contributed by atoms with Crippen LogP contribution in [-0.2, 0) is 9.53 Å². The minimum absolute atomic E-state index is 0. The molecule has 1 aliphatic carbocycles. The number of ether oxygens (including phenoxy) is 2. The van der Waals surface area contributed by atoms with E-state index in [1.807, 2.05) is 12.1 Å². The van der Waals surface area contributed by atoms with Gasteiger partial charge in [-0.15, -0.1) is 5.60 Å². The molecule has 0 unspecified atom stereocenters. The number of rotatable bonds is 2. The third kappa shape index (κ3) is 7.00. The molecule has 1 N–H and O–H groups in total. The van der Waals surface area contributed by atoms with Gasteiger partial charge >= 0.3 is 51.4 Å². The maximum atomic E-state index is 11.6. The summed E-state index contributed by atoms with van der Waals surface area (Å²) in [7, 11) is 1.66. The van der Waals surface area contributed by atoms with Crippen LogP contribution in [0.1, 0.15) is 52.5 Å². The Hall–Kier alpha value is -0.00364. The molecule has 1 saturated heterocycles. The number of carbonyl (C=O) groups is 1. The van der Waals surface area contributed by atoms with Crippen molar-refractivity contribution in [2.24, 2.45) is 0 Å². The van der Waals surface area contributed by atoms with E-state index in [1.165, 1.54) is 0 Å². The van der Waals surface area contributed by atoms with Gasteiger partial charge in [0.05, 0.1) is 35.3 Å². The van der Waals surface area contributed by atoms with Crippen LogP contribution in [0.25, 0.3) is 10.9 Å². The first-order valence-electron chi connectivity index (χ1n) is 9.90. The number of benzene rings is 1. The summed E-state index contributed by atoms with van der Waals surface area (Å²) in [4.78, 5) is 11.6. The second-order valence-corrected chi connectivity index (χ2v) is 9.67. The number of hydrogen-bond donors (Lipinski definition) is 1. The van der Waals surface area contributed by atoms with E-state index in [4.69, 9.17) is 14.6 Å². The van der Waals surface area contributed by atoms with Crippen molar-refractivity contribution in [1.82, 2.24) is 15.1 Å². The summed E-state index contributed by atoms with van der Waals surface area (Å²) >= 11 is 3.52. The minimum Gasteiger partial charge on any atom is -0.850 e. The number of aromatic nitrogens is 2. The second-order valence-electron chi connectivity index (χ2n) is 8.82. The SMILES string of the molecule is CC(C)(C)[O-].COc1cc2nn(C3CCC4(CC3)COCC(=O)N4)cc2cc1Br.[K+]. The standard InChI is InChI=1S/C17H20BrN3O3.C4H9O.K/c1-23-15-7-14-11(6-13(15)18)8-21(20-14)12-2-4-17(5-3-12)10-24-9-16(22)19-17;1-4(2,3)5;/h6-8,12H,2-5,9-10H2,1H3,(H,19,22);1-3H3;/q;-1;+1. The van der Waals surface area contributed by atoms with Gasteiger partial charge in [0.2, 0.25) is 5.91 Å². The molecule has 2 heterocycles. The number of halogens is 1. The van der Waals surface area contributed by atoms with Crippen LogP contribution in [0.4, 0.5) is 0 Å². The normalized spacial score (nSPS) is 23.9. The van der Waals surface area contributed by atoms with Crippen molar-refractivity contribution in [3.63, 3.8) is 0 Å². The molecule has 1 aromatic carbocycles. The Morgan fingerprint density at radius 3 is 2.53 bits per heavy atom. The van der Waals surface area contributed by atoms with Gasteiger partial charge in [0.15, 0.2) is 0 Å². The summed E-state index contributed by atoms with van der Waals surface area (Å²) in [5.41, 5.74) is 0.00892. The van der Waals surface area contributed by atoms with Crippen LogP contribution in [0.3, 0.4) is 0 Å². The van der Waals surface area contributed by atoms with E-state index in [-0.39, 0.29) is 69.4 Å². The molecule has 1 aliphatic heterocycles. The van der Waals surface area contributed by atoms with Crippen molar-refractivity contribution in [3.8, 4) is 5.75 Å². The number of fused-ring (bicyclic) bond motifs is 1. The number of nitrogens with one attached hydrogen (secondary N) is 1. The van der Waals surface area contributed by atoms with Gasteiger partial charge in [0, 0.05) is 17.6 Å². The molecule has 4 rings (SSSR count). The largest absolute Gasteiger partial charge is 1.00 e. The minimum atomic E-state index is -0.750. The quantitative estimate of drug-likeness (QED) is 0.578. The molecule has 0 radical (unpaired) electrons. The third-order valence-corrected chi connectivity index (χ3v) is 5.72. The van der Waals surface area contributed by atoms with Gasteiger partial charge in [-0.2, -0.15) is 5.10 Å². The topological polar surface area (TPSA) is 88.4 Å².